The van der Waals surface area contributed by atoms with Crippen LogP contribution in [0.2, 0.25) is 0 Å². The molecule has 27 heavy (non-hydrogen) atoms. The number of amides is 1. The normalized spacial score (nSPS) is 11.9. The molecule has 0 saturated carbocycles. The van der Waals surface area contributed by atoms with Crippen LogP contribution in [0.5, 0.6) is 5.75 Å². The predicted octanol–water partition coefficient (Wildman–Crippen LogP) is 3.64. The SMILES string of the molecule is COCCn1c(=NC(=O)Cc2ccc(C)c(C)c2)sc2cc(OC)ccc21. The second kappa shape index (κ2) is 8.50. The second-order valence-electron chi connectivity index (χ2n) is 6.46. The molecule has 0 unspecified atom stereocenters. The molecule has 0 spiro atoms. The quantitative estimate of drug-likeness (QED) is 0.652. The van der Waals surface area contributed by atoms with Crippen LogP contribution in [0, 0.1) is 13.8 Å². The molecule has 6 heteroatoms. The molecule has 0 saturated heterocycles. The molecule has 1 aromatic heterocycles. The number of methoxy groups -OCH3 is 2. The van der Waals surface area contributed by atoms with E-state index in [1.165, 1.54) is 22.5 Å². The van der Waals surface area contributed by atoms with E-state index >= 15 is 0 Å². The first kappa shape index (κ1) is 19.3. The average molecular weight is 385 g/mol. The fraction of sp³-hybridized carbons (Fsp3) is 0.333. The van der Waals surface area contributed by atoms with Crippen molar-refractivity contribution in [1.82, 2.24) is 4.57 Å². The third-order valence-corrected chi connectivity index (χ3v) is 5.60. The van der Waals surface area contributed by atoms with Gasteiger partial charge in [0, 0.05) is 13.7 Å². The first-order valence-corrected chi connectivity index (χ1v) is 9.63. The lowest BCUT2D eigenvalue weighted by Gasteiger charge is -2.05. The molecule has 5 nitrogen and oxygen atoms in total. The summed E-state index contributed by atoms with van der Waals surface area (Å²) in [5.74, 6) is 0.638. The molecule has 0 aliphatic carbocycles. The van der Waals surface area contributed by atoms with Gasteiger partial charge < -0.3 is 14.0 Å². The maximum Gasteiger partial charge on any atom is 0.252 e. The molecule has 2 aromatic carbocycles. The molecule has 1 heterocycles. The van der Waals surface area contributed by atoms with Gasteiger partial charge in [-0.25, -0.2) is 0 Å². The largest absolute Gasteiger partial charge is 0.497 e. The standard InChI is InChI=1S/C21H24N2O3S/c1-14-5-6-16(11-15(14)2)12-20(24)22-21-23(9-10-25-3)18-8-7-17(26-4)13-19(18)27-21/h5-8,11,13H,9-10,12H2,1-4H3. The van der Waals surface area contributed by atoms with Gasteiger partial charge in [-0.1, -0.05) is 29.5 Å². The van der Waals surface area contributed by atoms with Crippen molar-refractivity contribution in [3.63, 3.8) is 0 Å². The number of benzene rings is 2. The second-order valence-corrected chi connectivity index (χ2v) is 7.47. The lowest BCUT2D eigenvalue weighted by Crippen LogP contribution is -2.19. The van der Waals surface area contributed by atoms with E-state index in [1.807, 2.05) is 34.9 Å². The van der Waals surface area contributed by atoms with Gasteiger partial charge in [-0.3, -0.25) is 4.79 Å². The molecule has 0 radical (unpaired) electrons. The Balaban J connectivity index is 1.97. The van der Waals surface area contributed by atoms with Crippen LogP contribution in [0.4, 0.5) is 0 Å². The molecular formula is C21H24N2O3S. The Morgan fingerprint density at radius 2 is 1.93 bits per heavy atom. The van der Waals surface area contributed by atoms with E-state index in [0.717, 1.165) is 21.5 Å². The lowest BCUT2D eigenvalue weighted by atomic mass is 10.0. The van der Waals surface area contributed by atoms with Crippen molar-refractivity contribution in [3.8, 4) is 5.75 Å². The smallest absolute Gasteiger partial charge is 0.252 e. The maximum atomic E-state index is 12.6. The summed E-state index contributed by atoms with van der Waals surface area (Å²) in [4.78, 5) is 17.7. The summed E-state index contributed by atoms with van der Waals surface area (Å²) in [5.41, 5.74) is 4.41. The number of hydrogen-bond donors (Lipinski definition) is 0. The summed E-state index contributed by atoms with van der Waals surface area (Å²) >= 11 is 1.49. The molecule has 0 bridgehead atoms. The van der Waals surface area contributed by atoms with Gasteiger partial charge in [-0.05, 0) is 48.7 Å². The Bertz CT molecular complexity index is 1030. The van der Waals surface area contributed by atoms with Gasteiger partial charge in [0.1, 0.15) is 5.75 Å². The van der Waals surface area contributed by atoms with Gasteiger partial charge in [0.15, 0.2) is 4.80 Å². The van der Waals surface area contributed by atoms with Crippen molar-refractivity contribution in [1.29, 1.82) is 0 Å². The van der Waals surface area contributed by atoms with E-state index < -0.39 is 0 Å². The molecule has 0 atom stereocenters. The van der Waals surface area contributed by atoms with Crippen molar-refractivity contribution in [3.05, 3.63) is 57.9 Å². The van der Waals surface area contributed by atoms with E-state index in [1.54, 1.807) is 14.2 Å². The Hall–Kier alpha value is -2.44. The summed E-state index contributed by atoms with van der Waals surface area (Å²) in [6, 6.07) is 12.0. The Labute approximate surface area is 162 Å². The number of carbonyl (C=O) groups excluding carboxylic acids is 1. The lowest BCUT2D eigenvalue weighted by molar-refractivity contribution is -0.117. The highest BCUT2D eigenvalue weighted by Crippen LogP contribution is 2.23. The van der Waals surface area contributed by atoms with Crippen LogP contribution in [0.25, 0.3) is 10.2 Å². The number of hydrogen-bond acceptors (Lipinski definition) is 4. The predicted molar refractivity (Wildman–Crippen MR) is 108 cm³/mol. The minimum atomic E-state index is -0.150. The monoisotopic (exact) mass is 384 g/mol. The van der Waals surface area contributed by atoms with Gasteiger partial charge in [-0.2, -0.15) is 4.99 Å². The highest BCUT2D eigenvalue weighted by molar-refractivity contribution is 7.16. The van der Waals surface area contributed by atoms with E-state index in [9.17, 15) is 4.79 Å². The number of aryl methyl sites for hydroxylation is 2. The van der Waals surface area contributed by atoms with E-state index in [-0.39, 0.29) is 5.91 Å². The van der Waals surface area contributed by atoms with Gasteiger partial charge >= 0.3 is 0 Å². The van der Waals surface area contributed by atoms with Gasteiger partial charge in [0.05, 0.1) is 30.4 Å². The van der Waals surface area contributed by atoms with E-state index in [2.05, 4.69) is 24.9 Å². The number of fused-ring (bicyclic) bond motifs is 1. The number of thiazole rings is 1. The molecule has 0 N–H and O–H groups in total. The fourth-order valence-electron chi connectivity index (χ4n) is 2.90. The van der Waals surface area contributed by atoms with Crippen LogP contribution in [0.1, 0.15) is 16.7 Å². The van der Waals surface area contributed by atoms with Gasteiger partial charge in [0.2, 0.25) is 0 Å². The number of rotatable bonds is 6. The number of aromatic nitrogens is 1. The summed E-state index contributed by atoms with van der Waals surface area (Å²) in [6.45, 7) is 5.31. The maximum absolute atomic E-state index is 12.6. The molecule has 3 aromatic rings. The highest BCUT2D eigenvalue weighted by atomic mass is 32.1. The molecule has 142 valence electrons. The van der Waals surface area contributed by atoms with Gasteiger partial charge in [0.25, 0.3) is 5.91 Å². The Morgan fingerprint density at radius 3 is 2.63 bits per heavy atom. The first-order chi connectivity index (χ1) is 13.0. The molecule has 3 rings (SSSR count). The third kappa shape index (κ3) is 4.46. The molecule has 0 aliphatic rings. The minimum absolute atomic E-state index is 0.150. The molecule has 1 amide bonds. The minimum Gasteiger partial charge on any atom is -0.497 e. The van der Waals surface area contributed by atoms with Crippen LogP contribution in [0.3, 0.4) is 0 Å². The van der Waals surface area contributed by atoms with Crippen molar-refractivity contribution in [2.75, 3.05) is 20.8 Å². The first-order valence-electron chi connectivity index (χ1n) is 8.82. The summed E-state index contributed by atoms with van der Waals surface area (Å²) in [7, 11) is 3.31. The van der Waals surface area contributed by atoms with Crippen molar-refractivity contribution < 1.29 is 14.3 Å². The fourth-order valence-corrected chi connectivity index (χ4v) is 4.00. The van der Waals surface area contributed by atoms with Crippen molar-refractivity contribution >= 4 is 27.5 Å². The van der Waals surface area contributed by atoms with E-state index in [0.29, 0.717) is 24.4 Å². The Kier molecular flexibility index (Phi) is 6.08. The van der Waals surface area contributed by atoms with Crippen LogP contribution < -0.4 is 9.54 Å². The number of ether oxygens (including phenoxy) is 2. The van der Waals surface area contributed by atoms with E-state index in [4.69, 9.17) is 9.47 Å². The molecular weight excluding hydrogens is 360 g/mol. The van der Waals surface area contributed by atoms with Crippen LogP contribution in [0.15, 0.2) is 41.4 Å². The average Bonchev–Trinajstić information content (AvgIpc) is 2.98. The number of nitrogens with zero attached hydrogens (tertiary/aromatic N) is 2. The zero-order valence-electron chi connectivity index (χ0n) is 16.1. The third-order valence-electron chi connectivity index (χ3n) is 4.56. The topological polar surface area (TPSA) is 52.8 Å². The van der Waals surface area contributed by atoms with Crippen LogP contribution >= 0.6 is 11.3 Å². The summed E-state index contributed by atoms with van der Waals surface area (Å²) in [6.07, 6.45) is 0.295. The zero-order chi connectivity index (χ0) is 19.4. The van der Waals surface area contributed by atoms with Crippen LogP contribution in [-0.4, -0.2) is 31.3 Å². The number of carbonyl (C=O) groups is 1. The molecule has 0 aliphatic heterocycles. The van der Waals surface area contributed by atoms with Gasteiger partial charge in [-0.15, -0.1) is 0 Å². The summed E-state index contributed by atoms with van der Waals surface area (Å²) in [5, 5.41) is 0. The van der Waals surface area contributed by atoms with Crippen molar-refractivity contribution in [2.24, 2.45) is 4.99 Å². The summed E-state index contributed by atoms with van der Waals surface area (Å²) < 4.78 is 13.6. The Morgan fingerprint density at radius 1 is 1.11 bits per heavy atom. The highest BCUT2D eigenvalue weighted by Gasteiger charge is 2.10. The van der Waals surface area contributed by atoms with Crippen LogP contribution in [-0.2, 0) is 22.5 Å². The molecule has 0 fully saturated rings. The zero-order valence-corrected chi connectivity index (χ0v) is 16.9. The van der Waals surface area contributed by atoms with Crippen molar-refractivity contribution in [2.45, 2.75) is 26.8 Å².